The number of methoxy groups -OCH3 is 1. The first-order valence-corrected chi connectivity index (χ1v) is 6.08. The van der Waals surface area contributed by atoms with Crippen molar-refractivity contribution in [2.24, 2.45) is 0 Å². The molecule has 1 N–H and O–H groups in total. The van der Waals surface area contributed by atoms with Gasteiger partial charge in [0.1, 0.15) is 22.5 Å². The first-order valence-electron chi connectivity index (χ1n) is 5.28. The van der Waals surface area contributed by atoms with Crippen molar-refractivity contribution >= 4 is 21.8 Å². The number of ether oxygens (including phenoxy) is 1. The lowest BCUT2D eigenvalue weighted by atomic mass is 10.1. The minimum atomic E-state index is -1.09. The fraction of sp³-hybridized carbons (Fsp3) is 0.167. The molecule has 1 unspecified atom stereocenters. The molecule has 0 saturated carbocycles. The summed E-state index contributed by atoms with van der Waals surface area (Å²) in [7, 11) is 1.54. The number of rotatable bonds is 4. The van der Waals surface area contributed by atoms with Gasteiger partial charge in [-0.3, -0.25) is 10.1 Å². The van der Waals surface area contributed by atoms with Crippen molar-refractivity contribution in [3.63, 3.8) is 0 Å². The molecule has 1 atom stereocenters. The number of nitrogens with zero attached hydrogens (tertiary/aromatic N) is 1. The molecule has 0 spiro atoms. The summed E-state index contributed by atoms with van der Waals surface area (Å²) < 4.78 is 10.6. The average Bonchev–Trinajstić information content (AvgIpc) is 2.87. The van der Waals surface area contributed by atoms with E-state index < -0.39 is 16.9 Å². The Hall–Kier alpha value is -1.86. The molecule has 1 heterocycles. The molecule has 100 valence electrons. The van der Waals surface area contributed by atoms with Crippen LogP contribution in [-0.2, 0) is 0 Å². The number of hydrogen-bond donors (Lipinski definition) is 1. The second-order valence-corrected chi connectivity index (χ2v) is 4.58. The van der Waals surface area contributed by atoms with E-state index in [1.165, 1.54) is 19.2 Å². The predicted octanol–water partition coefficient (Wildman–Crippen LogP) is 3.04. The smallest absolute Gasteiger partial charge is 0.433 e. The second-order valence-electron chi connectivity index (χ2n) is 3.72. The van der Waals surface area contributed by atoms with E-state index in [4.69, 9.17) is 9.15 Å². The Morgan fingerprint density at radius 1 is 1.42 bits per heavy atom. The molecule has 2 aromatic rings. The van der Waals surface area contributed by atoms with Crippen molar-refractivity contribution in [3.8, 4) is 5.75 Å². The summed E-state index contributed by atoms with van der Waals surface area (Å²) in [6.07, 6.45) is -1.09. The number of nitro groups is 1. The van der Waals surface area contributed by atoms with Gasteiger partial charge in [-0.25, -0.2) is 0 Å². The SMILES string of the molecule is COc1ccc(C(O)c2ccc([N+](=O)[O-])o2)c(Br)c1. The zero-order valence-electron chi connectivity index (χ0n) is 9.87. The van der Waals surface area contributed by atoms with Crippen LogP contribution in [0.1, 0.15) is 17.4 Å². The van der Waals surface area contributed by atoms with Gasteiger partial charge in [0.05, 0.1) is 13.2 Å². The van der Waals surface area contributed by atoms with Gasteiger partial charge in [0.2, 0.25) is 0 Å². The average molecular weight is 328 g/mol. The number of benzene rings is 1. The van der Waals surface area contributed by atoms with E-state index in [1.807, 2.05) is 0 Å². The molecule has 1 aromatic carbocycles. The lowest BCUT2D eigenvalue weighted by Crippen LogP contribution is -1.99. The summed E-state index contributed by atoms with van der Waals surface area (Å²) in [5.74, 6) is 0.338. The fourth-order valence-corrected chi connectivity index (χ4v) is 2.17. The van der Waals surface area contributed by atoms with E-state index in [-0.39, 0.29) is 5.76 Å². The van der Waals surface area contributed by atoms with Gasteiger partial charge >= 0.3 is 5.88 Å². The van der Waals surface area contributed by atoms with Crippen LogP contribution in [0.4, 0.5) is 5.88 Å². The van der Waals surface area contributed by atoms with Crippen LogP contribution in [0.25, 0.3) is 0 Å². The first kappa shape index (κ1) is 13.6. The monoisotopic (exact) mass is 327 g/mol. The Morgan fingerprint density at radius 2 is 2.16 bits per heavy atom. The molecule has 0 bridgehead atoms. The zero-order valence-corrected chi connectivity index (χ0v) is 11.5. The molecule has 1 aromatic heterocycles. The van der Waals surface area contributed by atoms with Crippen LogP contribution in [0.3, 0.4) is 0 Å². The van der Waals surface area contributed by atoms with Crippen molar-refractivity contribution in [1.29, 1.82) is 0 Å². The van der Waals surface area contributed by atoms with E-state index in [2.05, 4.69) is 15.9 Å². The van der Waals surface area contributed by atoms with Crippen LogP contribution in [0.15, 0.2) is 39.2 Å². The molecule has 0 aliphatic heterocycles. The lowest BCUT2D eigenvalue weighted by Gasteiger charge is -2.11. The Labute approximate surface area is 116 Å². The van der Waals surface area contributed by atoms with Crippen LogP contribution in [0.2, 0.25) is 0 Å². The molecule has 7 heteroatoms. The predicted molar refractivity (Wildman–Crippen MR) is 70.1 cm³/mol. The van der Waals surface area contributed by atoms with Gasteiger partial charge in [-0.15, -0.1) is 0 Å². The maximum absolute atomic E-state index is 10.5. The molecule has 0 amide bonds. The highest BCUT2D eigenvalue weighted by Crippen LogP contribution is 2.33. The summed E-state index contributed by atoms with van der Waals surface area (Å²) in [5.41, 5.74) is 0.532. The number of aliphatic hydroxyl groups is 1. The molecule has 6 nitrogen and oxygen atoms in total. The molecular weight excluding hydrogens is 318 g/mol. The standard InChI is InChI=1S/C12H10BrNO5/c1-18-7-2-3-8(9(13)6-7)12(15)10-4-5-11(19-10)14(16)17/h2-6,12,15H,1H3. The van der Waals surface area contributed by atoms with Crippen molar-refractivity contribution < 1.29 is 19.2 Å². The van der Waals surface area contributed by atoms with E-state index in [0.717, 1.165) is 0 Å². The van der Waals surface area contributed by atoms with E-state index in [0.29, 0.717) is 15.8 Å². The number of aliphatic hydroxyl groups excluding tert-OH is 1. The normalized spacial score (nSPS) is 12.2. The van der Waals surface area contributed by atoms with Gasteiger partial charge < -0.3 is 14.3 Å². The molecule has 0 aliphatic carbocycles. The van der Waals surface area contributed by atoms with Gasteiger partial charge in [0, 0.05) is 10.0 Å². The van der Waals surface area contributed by atoms with Gasteiger partial charge in [-0.1, -0.05) is 22.0 Å². The van der Waals surface area contributed by atoms with Crippen molar-refractivity contribution in [2.45, 2.75) is 6.10 Å². The van der Waals surface area contributed by atoms with Crippen LogP contribution in [0, 0.1) is 10.1 Å². The van der Waals surface area contributed by atoms with E-state index in [1.54, 1.807) is 18.2 Å². The molecule has 0 aliphatic rings. The van der Waals surface area contributed by atoms with Crippen LogP contribution in [0.5, 0.6) is 5.75 Å². The molecule has 2 rings (SSSR count). The highest BCUT2D eigenvalue weighted by Gasteiger charge is 2.21. The number of furan rings is 1. The minimum absolute atomic E-state index is 0.109. The third kappa shape index (κ3) is 2.77. The van der Waals surface area contributed by atoms with Crippen molar-refractivity contribution in [3.05, 3.63) is 56.2 Å². The molecule has 19 heavy (non-hydrogen) atoms. The Morgan fingerprint density at radius 3 is 2.68 bits per heavy atom. The number of halogens is 1. The Bertz CT molecular complexity index is 610. The molecule has 0 fully saturated rings. The van der Waals surface area contributed by atoms with E-state index >= 15 is 0 Å². The van der Waals surface area contributed by atoms with Crippen molar-refractivity contribution in [1.82, 2.24) is 0 Å². The highest BCUT2D eigenvalue weighted by molar-refractivity contribution is 9.10. The van der Waals surface area contributed by atoms with Crippen molar-refractivity contribution in [2.75, 3.05) is 7.11 Å². The zero-order chi connectivity index (χ0) is 14.0. The Balaban J connectivity index is 2.32. The van der Waals surface area contributed by atoms with Gasteiger partial charge in [-0.2, -0.15) is 0 Å². The fourth-order valence-electron chi connectivity index (χ4n) is 1.60. The second kappa shape index (κ2) is 5.41. The summed E-state index contributed by atoms with van der Waals surface area (Å²) >= 11 is 3.31. The molecule has 0 saturated heterocycles. The third-order valence-electron chi connectivity index (χ3n) is 2.56. The first-order chi connectivity index (χ1) is 9.02. The van der Waals surface area contributed by atoms with Gasteiger partial charge in [-0.05, 0) is 18.2 Å². The number of hydrogen-bond acceptors (Lipinski definition) is 5. The maximum atomic E-state index is 10.5. The van der Waals surface area contributed by atoms with Gasteiger partial charge in [0.25, 0.3) is 0 Å². The largest absolute Gasteiger partial charge is 0.497 e. The quantitative estimate of drug-likeness (QED) is 0.689. The summed E-state index contributed by atoms with van der Waals surface area (Å²) in [6, 6.07) is 7.61. The van der Waals surface area contributed by atoms with Crippen LogP contribution in [-0.4, -0.2) is 17.1 Å². The lowest BCUT2D eigenvalue weighted by molar-refractivity contribution is -0.402. The molecule has 0 radical (unpaired) electrons. The summed E-state index contributed by atoms with van der Waals surface area (Å²) in [6.45, 7) is 0. The Kier molecular flexibility index (Phi) is 3.87. The molecular formula is C12H10BrNO5. The van der Waals surface area contributed by atoms with Crippen LogP contribution < -0.4 is 4.74 Å². The minimum Gasteiger partial charge on any atom is -0.497 e. The van der Waals surface area contributed by atoms with Gasteiger partial charge in [0.15, 0.2) is 0 Å². The maximum Gasteiger partial charge on any atom is 0.433 e. The third-order valence-corrected chi connectivity index (χ3v) is 3.25. The summed E-state index contributed by atoms with van der Waals surface area (Å²) in [4.78, 5) is 9.87. The summed E-state index contributed by atoms with van der Waals surface area (Å²) in [5, 5.41) is 20.7. The highest BCUT2D eigenvalue weighted by atomic mass is 79.9. The van der Waals surface area contributed by atoms with Crippen LogP contribution >= 0.6 is 15.9 Å². The van der Waals surface area contributed by atoms with E-state index in [9.17, 15) is 15.2 Å². The topological polar surface area (TPSA) is 85.7 Å².